The van der Waals surface area contributed by atoms with Gasteiger partial charge in [0.05, 0.1) is 0 Å². The number of ether oxygens (including phenoxy) is 4. The third-order valence-corrected chi connectivity index (χ3v) is 8.14. The van der Waals surface area contributed by atoms with Crippen LogP contribution in [0.25, 0.3) is 0 Å². The normalized spacial score (nSPS) is 44.5. The second-order valence-electron chi connectivity index (χ2n) is 10.5. The zero-order valence-electron chi connectivity index (χ0n) is 20.7. The number of fused-ring (bicyclic) bond motifs is 1. The van der Waals surface area contributed by atoms with Crippen LogP contribution in [0, 0.1) is 17.3 Å². The molecule has 0 N–H and O–H groups in total. The molecule has 2 saturated heterocycles. The molecule has 0 bridgehead atoms. The molecule has 0 aromatic rings. The van der Waals surface area contributed by atoms with Gasteiger partial charge in [-0.15, -0.1) is 0 Å². The van der Waals surface area contributed by atoms with E-state index in [9.17, 15) is 19.2 Å². The maximum Gasteiger partial charge on any atom is 0.342 e. The van der Waals surface area contributed by atoms with Crippen LogP contribution in [-0.2, 0) is 38.1 Å². The van der Waals surface area contributed by atoms with Gasteiger partial charge in [0.1, 0.15) is 12.2 Å². The van der Waals surface area contributed by atoms with Crippen LogP contribution in [0.4, 0.5) is 0 Å². The fourth-order valence-corrected chi connectivity index (χ4v) is 6.18. The van der Waals surface area contributed by atoms with Crippen molar-refractivity contribution in [3.8, 4) is 0 Å². The van der Waals surface area contributed by atoms with Crippen molar-refractivity contribution in [2.24, 2.45) is 17.3 Å². The standard InChI is InChI=1S/C26H34O8/c1-7-8-20(29)32-18-10-9-14(2)13-19-26(25(6,34-26)23(30)33-19)22(31-16(4)27)21-15(3)17(28)11-12-24(18,21)5/h11-13,15,18-19,21-22H,7-10H2,1-6H3/b14-13-/t15-,18+,19?,21+,22?,24+,25-,26-/m0/s1. The first-order valence-electron chi connectivity index (χ1n) is 12.1. The average Bonchev–Trinajstić information content (AvgIpc) is 3.34. The van der Waals surface area contributed by atoms with Crippen LogP contribution in [0.15, 0.2) is 23.8 Å². The molecule has 186 valence electrons. The molecule has 2 unspecified atom stereocenters. The molecule has 0 saturated carbocycles. The molecule has 0 aromatic heterocycles. The molecule has 2 aliphatic carbocycles. The lowest BCUT2D eigenvalue weighted by Gasteiger charge is -2.49. The van der Waals surface area contributed by atoms with Crippen molar-refractivity contribution < 1.29 is 38.1 Å². The van der Waals surface area contributed by atoms with Gasteiger partial charge >= 0.3 is 17.9 Å². The Morgan fingerprint density at radius 3 is 2.53 bits per heavy atom. The van der Waals surface area contributed by atoms with E-state index < -0.39 is 58.7 Å². The Kier molecular flexibility index (Phi) is 6.03. The molecule has 4 rings (SSSR count). The zero-order chi connectivity index (χ0) is 25.1. The van der Waals surface area contributed by atoms with E-state index in [1.54, 1.807) is 19.9 Å². The molecule has 2 aliphatic heterocycles. The second kappa shape index (κ2) is 8.33. The van der Waals surface area contributed by atoms with E-state index in [4.69, 9.17) is 18.9 Å². The van der Waals surface area contributed by atoms with E-state index >= 15 is 0 Å². The van der Waals surface area contributed by atoms with Crippen LogP contribution >= 0.6 is 0 Å². The highest BCUT2D eigenvalue weighted by Gasteiger charge is 2.87. The van der Waals surface area contributed by atoms with Gasteiger partial charge in [0.15, 0.2) is 23.1 Å². The van der Waals surface area contributed by atoms with E-state index in [-0.39, 0.29) is 18.2 Å². The first-order valence-corrected chi connectivity index (χ1v) is 12.1. The van der Waals surface area contributed by atoms with Gasteiger partial charge in [-0.25, -0.2) is 4.79 Å². The van der Waals surface area contributed by atoms with Crippen LogP contribution in [0.3, 0.4) is 0 Å². The number of hydrogen-bond donors (Lipinski definition) is 0. The molecule has 1 spiro atoms. The van der Waals surface area contributed by atoms with Gasteiger partial charge in [-0.05, 0) is 45.3 Å². The summed E-state index contributed by atoms with van der Waals surface area (Å²) >= 11 is 0. The lowest BCUT2D eigenvalue weighted by Crippen LogP contribution is -2.59. The maximum absolute atomic E-state index is 12.9. The quantitative estimate of drug-likeness (QED) is 0.264. The lowest BCUT2D eigenvalue weighted by atomic mass is 9.57. The number of carbonyl (C=O) groups excluding carboxylic acids is 4. The Hall–Kier alpha value is -2.48. The molecule has 0 aromatic carbocycles. The summed E-state index contributed by atoms with van der Waals surface area (Å²) in [5, 5.41) is 0. The molecule has 2 heterocycles. The lowest BCUT2D eigenvalue weighted by molar-refractivity contribution is -0.180. The third kappa shape index (κ3) is 3.53. The molecule has 2 fully saturated rings. The van der Waals surface area contributed by atoms with Gasteiger partial charge < -0.3 is 18.9 Å². The highest BCUT2D eigenvalue weighted by Crippen LogP contribution is 2.64. The summed E-state index contributed by atoms with van der Waals surface area (Å²) in [7, 11) is 0. The van der Waals surface area contributed by atoms with Crippen LogP contribution in [0.1, 0.15) is 67.2 Å². The molecule has 8 heteroatoms. The molecule has 8 nitrogen and oxygen atoms in total. The smallest absolute Gasteiger partial charge is 0.342 e. The molecule has 0 radical (unpaired) electrons. The highest BCUT2D eigenvalue weighted by molar-refractivity contribution is 5.93. The number of hydrogen-bond acceptors (Lipinski definition) is 8. The van der Waals surface area contributed by atoms with Crippen molar-refractivity contribution in [1.29, 1.82) is 0 Å². The summed E-state index contributed by atoms with van der Waals surface area (Å²) < 4.78 is 23.8. The first-order chi connectivity index (χ1) is 15.9. The van der Waals surface area contributed by atoms with E-state index in [1.165, 1.54) is 13.0 Å². The van der Waals surface area contributed by atoms with Crippen molar-refractivity contribution >= 4 is 23.7 Å². The Bertz CT molecular complexity index is 981. The highest BCUT2D eigenvalue weighted by atomic mass is 16.7. The van der Waals surface area contributed by atoms with Gasteiger partial charge in [-0.2, -0.15) is 0 Å². The third-order valence-electron chi connectivity index (χ3n) is 8.14. The number of ketones is 1. The fourth-order valence-electron chi connectivity index (χ4n) is 6.18. The monoisotopic (exact) mass is 474 g/mol. The number of carbonyl (C=O) groups is 4. The summed E-state index contributed by atoms with van der Waals surface area (Å²) in [5.41, 5.74) is -2.47. The summed E-state index contributed by atoms with van der Waals surface area (Å²) in [6.45, 7) is 10.5. The average molecular weight is 475 g/mol. The van der Waals surface area contributed by atoms with Gasteiger partial charge in [0.25, 0.3) is 0 Å². The predicted octanol–water partition coefficient (Wildman–Crippen LogP) is 3.22. The van der Waals surface area contributed by atoms with E-state index in [0.29, 0.717) is 19.3 Å². The van der Waals surface area contributed by atoms with Crippen LogP contribution in [0.5, 0.6) is 0 Å². The molecule has 8 atom stereocenters. The number of esters is 3. The fraction of sp³-hybridized carbons (Fsp3) is 0.692. The van der Waals surface area contributed by atoms with E-state index in [1.807, 2.05) is 26.8 Å². The first kappa shape index (κ1) is 24.6. The number of allylic oxidation sites excluding steroid dienone is 2. The topological polar surface area (TPSA) is 108 Å². The molecular weight excluding hydrogens is 440 g/mol. The molecule has 4 aliphatic rings. The molecular formula is C26H34O8. The van der Waals surface area contributed by atoms with E-state index in [2.05, 4.69) is 0 Å². The Morgan fingerprint density at radius 1 is 1.21 bits per heavy atom. The maximum atomic E-state index is 12.9. The van der Waals surface area contributed by atoms with Gasteiger partial charge in [0, 0.05) is 30.6 Å². The Balaban J connectivity index is 1.91. The van der Waals surface area contributed by atoms with Crippen LogP contribution in [-0.4, -0.2) is 53.2 Å². The Labute approximate surface area is 200 Å². The summed E-state index contributed by atoms with van der Waals surface area (Å²) in [6.07, 6.45) is 4.89. The number of rotatable bonds is 4. The van der Waals surface area contributed by atoms with Crippen molar-refractivity contribution in [3.05, 3.63) is 23.8 Å². The van der Waals surface area contributed by atoms with Gasteiger partial charge in [-0.3, -0.25) is 14.4 Å². The summed E-state index contributed by atoms with van der Waals surface area (Å²) in [4.78, 5) is 50.7. The van der Waals surface area contributed by atoms with Crippen molar-refractivity contribution in [2.75, 3.05) is 0 Å². The predicted molar refractivity (Wildman–Crippen MR) is 120 cm³/mol. The van der Waals surface area contributed by atoms with Crippen LogP contribution < -0.4 is 0 Å². The van der Waals surface area contributed by atoms with Crippen molar-refractivity contribution in [3.63, 3.8) is 0 Å². The minimum absolute atomic E-state index is 0.123. The SMILES string of the molecule is CCCC(=O)O[C@@H]1CC/C(C)=C\C2OC(=O)[C@]3(C)O[C@]23C(OC(C)=O)[C@H]2[C@@H](C)C(=O)C=C[C@]12C. The minimum Gasteiger partial charge on any atom is -0.461 e. The number of epoxide rings is 1. The zero-order valence-corrected chi connectivity index (χ0v) is 20.7. The van der Waals surface area contributed by atoms with Crippen LogP contribution in [0.2, 0.25) is 0 Å². The Morgan fingerprint density at radius 2 is 1.91 bits per heavy atom. The van der Waals surface area contributed by atoms with E-state index in [0.717, 1.165) is 5.57 Å². The van der Waals surface area contributed by atoms with Gasteiger partial charge in [-0.1, -0.05) is 32.4 Å². The summed E-state index contributed by atoms with van der Waals surface area (Å²) in [6, 6.07) is 0. The molecule has 0 amide bonds. The van der Waals surface area contributed by atoms with Crippen molar-refractivity contribution in [2.45, 2.75) is 96.7 Å². The second-order valence-corrected chi connectivity index (χ2v) is 10.5. The van der Waals surface area contributed by atoms with Crippen molar-refractivity contribution in [1.82, 2.24) is 0 Å². The minimum atomic E-state index is -1.30. The summed E-state index contributed by atoms with van der Waals surface area (Å²) in [5.74, 6) is -2.69. The van der Waals surface area contributed by atoms with Gasteiger partial charge in [0.2, 0.25) is 0 Å². The largest absolute Gasteiger partial charge is 0.461 e. The molecule has 34 heavy (non-hydrogen) atoms.